The van der Waals surface area contributed by atoms with E-state index in [2.05, 4.69) is 26.7 Å². The molecular formula is C21H42OSi. The Morgan fingerprint density at radius 2 is 1.04 bits per heavy atom. The minimum Gasteiger partial charge on any atom is -0.406 e. The molecule has 0 aromatic heterocycles. The van der Waals surface area contributed by atoms with E-state index in [1.165, 1.54) is 95.2 Å². The molecule has 0 N–H and O–H groups in total. The predicted molar refractivity (Wildman–Crippen MR) is 107 cm³/mol. The fourth-order valence-electron chi connectivity index (χ4n) is 3.41. The van der Waals surface area contributed by atoms with Crippen molar-refractivity contribution < 1.29 is 4.43 Å². The largest absolute Gasteiger partial charge is 0.406 e. The lowest BCUT2D eigenvalue weighted by atomic mass is 10.2. The Labute approximate surface area is 148 Å². The molecule has 0 aromatic carbocycles. The van der Waals surface area contributed by atoms with Gasteiger partial charge in [-0.2, -0.15) is 0 Å². The Hall–Kier alpha value is -0.263. The van der Waals surface area contributed by atoms with Gasteiger partial charge in [0.05, 0.1) is 6.61 Å². The first-order valence-electron chi connectivity index (χ1n) is 10.3. The summed E-state index contributed by atoms with van der Waals surface area (Å²) >= 11 is 0. The zero-order valence-corrected chi connectivity index (χ0v) is 17.3. The molecule has 0 heterocycles. The van der Waals surface area contributed by atoms with E-state index >= 15 is 0 Å². The molecule has 0 fully saturated rings. The summed E-state index contributed by atoms with van der Waals surface area (Å²) in [4.78, 5) is 0. The van der Waals surface area contributed by atoms with E-state index in [0.717, 1.165) is 0 Å². The van der Waals surface area contributed by atoms with Crippen LogP contribution in [-0.2, 0) is 4.43 Å². The van der Waals surface area contributed by atoms with E-state index in [-0.39, 0.29) is 0 Å². The Balaban J connectivity index is 4.55. The maximum absolute atomic E-state index is 6.42. The highest BCUT2D eigenvalue weighted by molar-refractivity contribution is 6.73. The summed E-state index contributed by atoms with van der Waals surface area (Å²) < 4.78 is 6.42. The monoisotopic (exact) mass is 338 g/mol. The molecule has 0 amide bonds. The molecule has 0 spiro atoms. The summed E-state index contributed by atoms with van der Waals surface area (Å²) in [5.74, 6) is 2.74. The molecule has 0 unspecified atom stereocenters. The fourth-order valence-corrected chi connectivity index (χ4v) is 7.66. The van der Waals surface area contributed by atoms with E-state index in [9.17, 15) is 0 Å². The maximum Gasteiger partial charge on any atom is 0.194 e. The highest BCUT2D eigenvalue weighted by atomic mass is 28.4. The van der Waals surface area contributed by atoms with Gasteiger partial charge in [0, 0.05) is 0 Å². The van der Waals surface area contributed by atoms with Gasteiger partial charge < -0.3 is 4.43 Å². The van der Waals surface area contributed by atoms with E-state index in [4.69, 9.17) is 10.8 Å². The van der Waals surface area contributed by atoms with Crippen LogP contribution >= 0.6 is 0 Å². The lowest BCUT2D eigenvalue weighted by Gasteiger charge is -2.31. The highest BCUT2D eigenvalue weighted by Gasteiger charge is 2.33. The summed E-state index contributed by atoms with van der Waals surface area (Å²) in [5, 5.41) is 0. The van der Waals surface area contributed by atoms with Crippen LogP contribution in [0, 0.1) is 12.3 Å². The molecule has 0 bridgehead atoms. The molecule has 0 aliphatic heterocycles. The molecule has 1 nitrogen and oxygen atoms in total. The first kappa shape index (κ1) is 22.7. The normalized spacial score (nSPS) is 11.6. The highest BCUT2D eigenvalue weighted by Crippen LogP contribution is 2.30. The molecule has 0 aliphatic carbocycles. The summed E-state index contributed by atoms with van der Waals surface area (Å²) in [6.45, 7) is 7.40. The van der Waals surface area contributed by atoms with E-state index < -0.39 is 8.32 Å². The topological polar surface area (TPSA) is 9.23 Å². The average molecular weight is 339 g/mol. The minimum absolute atomic E-state index is 0.543. The molecule has 0 rings (SSSR count). The molecule has 0 saturated heterocycles. The van der Waals surface area contributed by atoms with Crippen LogP contribution in [0.4, 0.5) is 0 Å². The Morgan fingerprint density at radius 1 is 0.652 bits per heavy atom. The molecule has 136 valence electrons. The summed E-state index contributed by atoms with van der Waals surface area (Å²) in [6.07, 6.45) is 21.7. The van der Waals surface area contributed by atoms with Crippen LogP contribution in [-0.4, -0.2) is 14.9 Å². The number of terminal acetylenes is 1. The SMILES string of the molecule is C#CCO[Si](CCCCCC)(CCCCCC)CCCCCC. The zero-order valence-electron chi connectivity index (χ0n) is 16.3. The quantitative estimate of drug-likeness (QED) is 0.153. The number of hydrogen-bond acceptors (Lipinski definition) is 1. The van der Waals surface area contributed by atoms with Crippen LogP contribution < -0.4 is 0 Å². The third-order valence-corrected chi connectivity index (χ3v) is 9.47. The van der Waals surface area contributed by atoms with Crippen molar-refractivity contribution in [2.24, 2.45) is 0 Å². The van der Waals surface area contributed by atoms with Gasteiger partial charge in [-0.05, 0) is 18.1 Å². The second-order valence-corrected chi connectivity index (χ2v) is 11.3. The van der Waals surface area contributed by atoms with Gasteiger partial charge in [0.1, 0.15) is 0 Å². The van der Waals surface area contributed by atoms with Crippen molar-refractivity contribution in [1.82, 2.24) is 0 Å². The first-order valence-corrected chi connectivity index (χ1v) is 12.8. The maximum atomic E-state index is 6.42. The van der Waals surface area contributed by atoms with Crippen LogP contribution in [0.2, 0.25) is 18.1 Å². The van der Waals surface area contributed by atoms with Gasteiger partial charge in [-0.1, -0.05) is 104 Å². The number of hydrogen-bond donors (Lipinski definition) is 0. The van der Waals surface area contributed by atoms with Crippen molar-refractivity contribution in [3.8, 4) is 12.3 Å². The van der Waals surface area contributed by atoms with Gasteiger partial charge in [-0.15, -0.1) is 6.42 Å². The van der Waals surface area contributed by atoms with Gasteiger partial charge in [0.25, 0.3) is 0 Å². The van der Waals surface area contributed by atoms with Crippen LogP contribution in [0.3, 0.4) is 0 Å². The average Bonchev–Trinajstić information content (AvgIpc) is 2.57. The Bertz CT molecular complexity index is 251. The molecule has 0 atom stereocenters. The number of unbranched alkanes of at least 4 members (excludes halogenated alkanes) is 9. The summed E-state index contributed by atoms with van der Waals surface area (Å²) in [6, 6.07) is 4.02. The molecule has 0 aromatic rings. The van der Waals surface area contributed by atoms with Crippen molar-refractivity contribution >= 4 is 8.32 Å². The van der Waals surface area contributed by atoms with Crippen LogP contribution in [0.1, 0.15) is 97.8 Å². The lowest BCUT2D eigenvalue weighted by molar-refractivity contribution is 0.340. The molecule has 0 radical (unpaired) electrons. The first-order chi connectivity index (χ1) is 11.2. The van der Waals surface area contributed by atoms with Crippen LogP contribution in [0.15, 0.2) is 0 Å². The Kier molecular flexibility index (Phi) is 16.4. The zero-order chi connectivity index (χ0) is 17.2. The van der Waals surface area contributed by atoms with Gasteiger partial charge in [0.15, 0.2) is 8.32 Å². The molecular weight excluding hydrogens is 296 g/mol. The van der Waals surface area contributed by atoms with Crippen molar-refractivity contribution in [3.63, 3.8) is 0 Å². The third-order valence-electron chi connectivity index (χ3n) is 4.92. The predicted octanol–water partition coefficient (Wildman–Crippen LogP) is 7.32. The van der Waals surface area contributed by atoms with E-state index in [1.807, 2.05) is 0 Å². The van der Waals surface area contributed by atoms with Crippen molar-refractivity contribution in [3.05, 3.63) is 0 Å². The van der Waals surface area contributed by atoms with Crippen LogP contribution in [0.25, 0.3) is 0 Å². The molecule has 2 heteroatoms. The smallest absolute Gasteiger partial charge is 0.194 e. The van der Waals surface area contributed by atoms with Gasteiger partial charge in [0.2, 0.25) is 0 Å². The van der Waals surface area contributed by atoms with Crippen molar-refractivity contribution in [2.45, 2.75) is 116 Å². The second-order valence-electron chi connectivity index (χ2n) is 7.11. The molecule has 23 heavy (non-hydrogen) atoms. The standard InChI is InChI=1S/C21H42OSi/c1-5-9-12-15-19-23(22-18-8-4,20-16-13-10-6-2)21-17-14-11-7-3/h4H,5-7,9-21H2,1-3H3. The van der Waals surface area contributed by atoms with Crippen molar-refractivity contribution in [1.29, 1.82) is 0 Å². The van der Waals surface area contributed by atoms with Gasteiger partial charge in [-0.25, -0.2) is 0 Å². The second kappa shape index (κ2) is 16.6. The number of rotatable bonds is 17. The minimum atomic E-state index is -1.61. The third kappa shape index (κ3) is 12.8. The van der Waals surface area contributed by atoms with Crippen molar-refractivity contribution in [2.75, 3.05) is 6.61 Å². The van der Waals surface area contributed by atoms with Gasteiger partial charge >= 0.3 is 0 Å². The van der Waals surface area contributed by atoms with E-state index in [1.54, 1.807) is 0 Å². The van der Waals surface area contributed by atoms with E-state index in [0.29, 0.717) is 6.61 Å². The summed E-state index contributed by atoms with van der Waals surface area (Å²) in [7, 11) is -1.61. The van der Waals surface area contributed by atoms with Crippen LogP contribution in [0.5, 0.6) is 0 Å². The lowest BCUT2D eigenvalue weighted by Crippen LogP contribution is -2.38. The molecule has 0 aliphatic rings. The summed E-state index contributed by atoms with van der Waals surface area (Å²) in [5.41, 5.74) is 0. The Morgan fingerprint density at radius 3 is 1.35 bits per heavy atom. The molecule has 0 saturated carbocycles. The fraction of sp³-hybridized carbons (Fsp3) is 0.905. The van der Waals surface area contributed by atoms with Gasteiger partial charge in [-0.3, -0.25) is 0 Å².